The van der Waals surface area contributed by atoms with Gasteiger partial charge in [-0.15, -0.1) is 0 Å². The van der Waals surface area contributed by atoms with Crippen LogP contribution < -0.4 is 10.1 Å². The van der Waals surface area contributed by atoms with E-state index < -0.39 is 11.5 Å². The fourth-order valence-corrected chi connectivity index (χ4v) is 4.01. The van der Waals surface area contributed by atoms with E-state index in [1.54, 1.807) is 6.92 Å². The van der Waals surface area contributed by atoms with Crippen LogP contribution in [0.15, 0.2) is 48.5 Å². The highest BCUT2D eigenvalue weighted by Crippen LogP contribution is 2.31. The highest BCUT2D eigenvalue weighted by molar-refractivity contribution is 5.93. The Balaban J connectivity index is 1.47. The van der Waals surface area contributed by atoms with Gasteiger partial charge in [-0.2, -0.15) is 5.26 Å². The maximum absolute atomic E-state index is 12.8. The standard InChI is InChI=1S/C26H33N3O3/c1-19(2)32-24-10-8-23(9-11-24)28-25(30)20(3)26(31)13-16-29(17-14-26)15-12-21-4-6-22(18-27)7-5-21/h4-11,19-20,31H,12-17H2,1-3H3,(H,28,30). The third-order valence-electron chi connectivity index (χ3n) is 6.21. The Morgan fingerprint density at radius 2 is 1.75 bits per heavy atom. The minimum atomic E-state index is -1.00. The number of amides is 1. The van der Waals surface area contributed by atoms with Crippen molar-refractivity contribution < 1.29 is 14.6 Å². The summed E-state index contributed by atoms with van der Waals surface area (Å²) < 4.78 is 5.63. The Morgan fingerprint density at radius 1 is 1.12 bits per heavy atom. The summed E-state index contributed by atoms with van der Waals surface area (Å²) in [4.78, 5) is 15.1. The van der Waals surface area contributed by atoms with Crippen molar-refractivity contribution in [2.24, 2.45) is 5.92 Å². The molecule has 0 aromatic heterocycles. The summed E-state index contributed by atoms with van der Waals surface area (Å²) in [7, 11) is 0. The third kappa shape index (κ3) is 6.32. The summed E-state index contributed by atoms with van der Waals surface area (Å²) in [5.41, 5.74) is 1.56. The van der Waals surface area contributed by atoms with Crippen molar-refractivity contribution in [3.8, 4) is 11.8 Å². The van der Waals surface area contributed by atoms with Crippen LogP contribution in [0.3, 0.4) is 0 Å². The molecule has 1 amide bonds. The van der Waals surface area contributed by atoms with Gasteiger partial charge in [0.15, 0.2) is 0 Å². The van der Waals surface area contributed by atoms with Crippen molar-refractivity contribution in [1.29, 1.82) is 5.26 Å². The molecule has 0 spiro atoms. The van der Waals surface area contributed by atoms with E-state index >= 15 is 0 Å². The van der Waals surface area contributed by atoms with E-state index in [9.17, 15) is 9.90 Å². The predicted octanol–water partition coefficient (Wildman–Crippen LogP) is 3.99. The molecule has 0 saturated carbocycles. The Hall–Kier alpha value is -2.88. The molecule has 6 nitrogen and oxygen atoms in total. The molecule has 32 heavy (non-hydrogen) atoms. The second-order valence-corrected chi connectivity index (χ2v) is 8.91. The number of carbonyl (C=O) groups excluding carboxylic acids is 1. The number of nitriles is 1. The average Bonchev–Trinajstić information content (AvgIpc) is 2.79. The van der Waals surface area contributed by atoms with Crippen molar-refractivity contribution in [3.63, 3.8) is 0 Å². The van der Waals surface area contributed by atoms with Gasteiger partial charge in [-0.05, 0) is 75.1 Å². The zero-order chi connectivity index (χ0) is 23.1. The normalized spacial score (nSPS) is 16.9. The van der Waals surface area contributed by atoms with Gasteiger partial charge in [0.05, 0.1) is 29.3 Å². The summed E-state index contributed by atoms with van der Waals surface area (Å²) in [6.45, 7) is 8.15. The SMILES string of the molecule is CC(C)Oc1ccc(NC(=O)C(C)C2(O)CCN(CCc3ccc(C#N)cc3)CC2)cc1. The zero-order valence-electron chi connectivity index (χ0n) is 19.2. The summed E-state index contributed by atoms with van der Waals surface area (Å²) in [6, 6.07) is 17.1. The van der Waals surface area contributed by atoms with E-state index in [1.807, 2.05) is 62.4 Å². The van der Waals surface area contributed by atoms with E-state index in [0.29, 0.717) is 24.1 Å². The molecule has 1 heterocycles. The molecule has 1 saturated heterocycles. The van der Waals surface area contributed by atoms with Crippen LogP contribution in [0.25, 0.3) is 0 Å². The number of ether oxygens (including phenoxy) is 1. The molecule has 0 bridgehead atoms. The topological polar surface area (TPSA) is 85.6 Å². The van der Waals surface area contributed by atoms with Gasteiger partial charge in [0.2, 0.25) is 5.91 Å². The van der Waals surface area contributed by atoms with Crippen LogP contribution in [0, 0.1) is 17.2 Å². The lowest BCUT2D eigenvalue weighted by Gasteiger charge is -2.41. The van der Waals surface area contributed by atoms with Gasteiger partial charge < -0.3 is 20.1 Å². The molecular formula is C26H33N3O3. The van der Waals surface area contributed by atoms with Crippen LogP contribution >= 0.6 is 0 Å². The molecule has 170 valence electrons. The van der Waals surface area contributed by atoms with Crippen LogP contribution in [0.1, 0.15) is 44.7 Å². The number of nitrogens with one attached hydrogen (secondary N) is 1. The number of anilines is 1. The van der Waals surface area contributed by atoms with Gasteiger partial charge in [0.1, 0.15) is 5.75 Å². The molecule has 1 aliphatic heterocycles. The van der Waals surface area contributed by atoms with Crippen LogP contribution in [0.4, 0.5) is 5.69 Å². The number of aliphatic hydroxyl groups is 1. The monoisotopic (exact) mass is 435 g/mol. The fraction of sp³-hybridized carbons (Fsp3) is 0.462. The first-order valence-corrected chi connectivity index (χ1v) is 11.3. The highest BCUT2D eigenvalue weighted by atomic mass is 16.5. The molecule has 1 aliphatic rings. The maximum atomic E-state index is 12.8. The van der Waals surface area contributed by atoms with Gasteiger partial charge in [-0.1, -0.05) is 19.1 Å². The summed E-state index contributed by atoms with van der Waals surface area (Å²) >= 11 is 0. The number of likely N-dealkylation sites (tertiary alicyclic amines) is 1. The first-order chi connectivity index (χ1) is 15.3. The Bertz CT molecular complexity index is 924. The lowest BCUT2D eigenvalue weighted by molar-refractivity contribution is -0.132. The van der Waals surface area contributed by atoms with Crippen LogP contribution in [0.2, 0.25) is 0 Å². The largest absolute Gasteiger partial charge is 0.491 e. The minimum Gasteiger partial charge on any atom is -0.491 e. The number of rotatable bonds is 8. The second kappa shape index (κ2) is 10.6. The number of benzene rings is 2. The van der Waals surface area contributed by atoms with E-state index in [-0.39, 0.29) is 12.0 Å². The molecular weight excluding hydrogens is 402 g/mol. The number of nitrogens with zero attached hydrogens (tertiary/aromatic N) is 2. The van der Waals surface area contributed by atoms with Crippen molar-refractivity contribution in [2.75, 3.05) is 25.0 Å². The molecule has 1 fully saturated rings. The van der Waals surface area contributed by atoms with Gasteiger partial charge in [0, 0.05) is 25.3 Å². The highest BCUT2D eigenvalue weighted by Gasteiger charge is 2.40. The first kappa shape index (κ1) is 23.8. The Labute approximate surface area is 190 Å². The smallest absolute Gasteiger partial charge is 0.230 e. The van der Waals surface area contributed by atoms with Gasteiger partial charge >= 0.3 is 0 Å². The van der Waals surface area contributed by atoms with Crippen molar-refractivity contribution in [3.05, 3.63) is 59.7 Å². The molecule has 2 aromatic carbocycles. The predicted molar refractivity (Wildman–Crippen MR) is 125 cm³/mol. The van der Waals surface area contributed by atoms with Crippen molar-refractivity contribution in [2.45, 2.75) is 51.7 Å². The second-order valence-electron chi connectivity index (χ2n) is 8.91. The van der Waals surface area contributed by atoms with Gasteiger partial charge in [0.25, 0.3) is 0 Å². The summed E-state index contributed by atoms with van der Waals surface area (Å²) in [5, 5.41) is 23.0. The Morgan fingerprint density at radius 3 is 2.31 bits per heavy atom. The molecule has 6 heteroatoms. The first-order valence-electron chi connectivity index (χ1n) is 11.3. The van der Waals surface area contributed by atoms with Crippen LogP contribution in [-0.2, 0) is 11.2 Å². The lowest BCUT2D eigenvalue weighted by Crippen LogP contribution is -2.51. The summed E-state index contributed by atoms with van der Waals surface area (Å²) in [5.74, 6) is 0.0869. The fourth-order valence-electron chi connectivity index (χ4n) is 4.01. The van der Waals surface area contributed by atoms with Gasteiger partial charge in [-0.3, -0.25) is 4.79 Å². The number of hydrogen-bond donors (Lipinski definition) is 2. The lowest BCUT2D eigenvalue weighted by atomic mass is 9.80. The van der Waals surface area contributed by atoms with Crippen molar-refractivity contribution >= 4 is 11.6 Å². The third-order valence-corrected chi connectivity index (χ3v) is 6.21. The molecule has 1 unspecified atom stereocenters. The summed E-state index contributed by atoms with van der Waals surface area (Å²) in [6.07, 6.45) is 2.13. The van der Waals surface area contributed by atoms with E-state index in [0.717, 1.165) is 31.8 Å². The molecule has 3 rings (SSSR count). The molecule has 1 atom stereocenters. The van der Waals surface area contributed by atoms with E-state index in [2.05, 4.69) is 16.3 Å². The molecule has 0 aliphatic carbocycles. The van der Waals surface area contributed by atoms with Gasteiger partial charge in [-0.25, -0.2) is 0 Å². The number of hydrogen-bond acceptors (Lipinski definition) is 5. The van der Waals surface area contributed by atoms with E-state index in [1.165, 1.54) is 5.56 Å². The molecule has 2 aromatic rings. The number of carbonyl (C=O) groups is 1. The van der Waals surface area contributed by atoms with Crippen molar-refractivity contribution in [1.82, 2.24) is 4.90 Å². The molecule has 0 radical (unpaired) electrons. The Kier molecular flexibility index (Phi) is 7.89. The average molecular weight is 436 g/mol. The number of piperidine rings is 1. The van der Waals surface area contributed by atoms with E-state index in [4.69, 9.17) is 10.00 Å². The maximum Gasteiger partial charge on any atom is 0.230 e. The quantitative estimate of drug-likeness (QED) is 0.655. The zero-order valence-corrected chi connectivity index (χ0v) is 19.2. The molecule has 2 N–H and O–H groups in total. The van der Waals surface area contributed by atoms with Crippen LogP contribution in [0.5, 0.6) is 5.75 Å². The minimum absolute atomic E-state index is 0.0969. The van der Waals surface area contributed by atoms with Crippen LogP contribution in [-0.4, -0.2) is 47.3 Å².